The lowest BCUT2D eigenvalue weighted by molar-refractivity contribution is 0.0443. The van der Waals surface area contributed by atoms with Crippen LogP contribution in [0.2, 0.25) is 0 Å². The Morgan fingerprint density at radius 3 is 1.55 bits per heavy atom. The average Bonchev–Trinajstić information content (AvgIpc) is 3.21. The van der Waals surface area contributed by atoms with E-state index in [1.54, 1.807) is 24.3 Å². The summed E-state index contributed by atoms with van der Waals surface area (Å²) in [6, 6.07) is 24.9. The first-order valence-corrected chi connectivity index (χ1v) is 12.7. The SMILES string of the molecule is CC(=O)c1ccc(Oc2ccc(C(C)(C)c3ccc(Oc4ccc5c(c4)C(=O)OC5=O)cc3)cc2)cc1C(C)=O. The van der Waals surface area contributed by atoms with Crippen molar-refractivity contribution in [2.75, 3.05) is 0 Å². The third-order valence-electron chi connectivity index (χ3n) is 6.99. The summed E-state index contributed by atoms with van der Waals surface area (Å²) in [5, 5.41) is 0. The first-order valence-electron chi connectivity index (χ1n) is 12.7. The van der Waals surface area contributed by atoms with Crippen LogP contribution >= 0.6 is 0 Å². The van der Waals surface area contributed by atoms with Crippen molar-refractivity contribution >= 4 is 23.5 Å². The van der Waals surface area contributed by atoms with Gasteiger partial charge in [0.1, 0.15) is 23.0 Å². The van der Waals surface area contributed by atoms with Gasteiger partial charge in [-0.25, -0.2) is 9.59 Å². The van der Waals surface area contributed by atoms with Gasteiger partial charge in [-0.2, -0.15) is 0 Å². The highest BCUT2D eigenvalue weighted by Gasteiger charge is 2.30. The quantitative estimate of drug-likeness (QED) is 0.133. The zero-order valence-electron chi connectivity index (χ0n) is 22.4. The van der Waals surface area contributed by atoms with Crippen LogP contribution in [0.4, 0.5) is 0 Å². The predicted octanol–water partition coefficient (Wildman–Crippen LogP) is 7.31. The maximum absolute atomic E-state index is 12.0. The van der Waals surface area contributed by atoms with E-state index in [2.05, 4.69) is 18.6 Å². The average molecular weight is 535 g/mol. The number of Topliss-reactive ketones (excluding diaryl/α,β-unsaturated/α-hetero) is 2. The van der Waals surface area contributed by atoms with E-state index in [9.17, 15) is 19.2 Å². The Bertz CT molecular complexity index is 1660. The summed E-state index contributed by atoms with van der Waals surface area (Å²) in [6.45, 7) is 7.08. The van der Waals surface area contributed by atoms with Crippen LogP contribution < -0.4 is 9.47 Å². The molecule has 0 saturated heterocycles. The normalized spacial score (nSPS) is 12.5. The van der Waals surface area contributed by atoms with Gasteiger partial charge < -0.3 is 14.2 Å². The third kappa shape index (κ3) is 5.14. The van der Waals surface area contributed by atoms with Crippen molar-refractivity contribution < 1.29 is 33.4 Å². The molecule has 0 atom stereocenters. The molecule has 0 unspecified atom stereocenters. The van der Waals surface area contributed by atoms with Crippen LogP contribution in [0.5, 0.6) is 23.0 Å². The summed E-state index contributed by atoms with van der Waals surface area (Å²) in [6.07, 6.45) is 0. The van der Waals surface area contributed by atoms with Gasteiger partial charge in [0.2, 0.25) is 0 Å². The van der Waals surface area contributed by atoms with Crippen LogP contribution in [0.3, 0.4) is 0 Å². The lowest BCUT2D eigenvalue weighted by Crippen LogP contribution is -2.18. The lowest BCUT2D eigenvalue weighted by atomic mass is 9.78. The first-order chi connectivity index (χ1) is 19.0. The summed E-state index contributed by atoms with van der Waals surface area (Å²) in [7, 11) is 0. The molecule has 0 radical (unpaired) electrons. The summed E-state index contributed by atoms with van der Waals surface area (Å²) < 4.78 is 16.5. The fourth-order valence-corrected chi connectivity index (χ4v) is 4.63. The van der Waals surface area contributed by atoms with E-state index in [1.807, 2.05) is 48.5 Å². The van der Waals surface area contributed by atoms with Crippen LogP contribution in [-0.2, 0) is 10.2 Å². The van der Waals surface area contributed by atoms with Crippen molar-refractivity contribution in [2.45, 2.75) is 33.1 Å². The van der Waals surface area contributed by atoms with Gasteiger partial charge in [0.15, 0.2) is 11.6 Å². The minimum absolute atomic E-state index is 0.171. The zero-order valence-corrected chi connectivity index (χ0v) is 22.4. The van der Waals surface area contributed by atoms with Crippen LogP contribution in [-0.4, -0.2) is 23.5 Å². The molecular formula is C33H26O7. The number of rotatable bonds is 8. The Morgan fingerprint density at radius 1 is 0.575 bits per heavy atom. The van der Waals surface area contributed by atoms with Gasteiger partial charge in [0.05, 0.1) is 11.1 Å². The number of cyclic esters (lactones) is 2. The lowest BCUT2D eigenvalue weighted by Gasteiger charge is -2.26. The van der Waals surface area contributed by atoms with E-state index in [4.69, 9.17) is 9.47 Å². The Kier molecular flexibility index (Phi) is 6.81. The smallest absolute Gasteiger partial charge is 0.347 e. The Balaban J connectivity index is 1.29. The van der Waals surface area contributed by atoms with Gasteiger partial charge in [-0.15, -0.1) is 0 Å². The molecule has 40 heavy (non-hydrogen) atoms. The number of benzene rings is 4. The molecule has 0 spiro atoms. The molecule has 4 aromatic rings. The molecule has 1 aliphatic heterocycles. The fraction of sp³-hybridized carbons (Fsp3) is 0.152. The molecule has 200 valence electrons. The first kappa shape index (κ1) is 26.6. The Labute approximate surface area is 231 Å². The molecule has 0 saturated carbocycles. The highest BCUT2D eigenvalue weighted by Crippen LogP contribution is 2.35. The van der Waals surface area contributed by atoms with Crippen LogP contribution in [0.1, 0.15) is 80.3 Å². The number of esters is 2. The van der Waals surface area contributed by atoms with Crippen molar-refractivity contribution in [3.05, 3.63) is 118 Å². The second-order valence-corrected chi connectivity index (χ2v) is 10.1. The molecular weight excluding hydrogens is 508 g/mol. The van der Waals surface area contributed by atoms with Gasteiger partial charge in [-0.05, 0) is 85.6 Å². The molecule has 1 aliphatic rings. The topological polar surface area (TPSA) is 96.0 Å². The summed E-state index contributed by atoms with van der Waals surface area (Å²) in [5.74, 6) is 0.404. The highest BCUT2D eigenvalue weighted by molar-refractivity contribution is 6.14. The number of fused-ring (bicyclic) bond motifs is 1. The highest BCUT2D eigenvalue weighted by atomic mass is 16.6. The molecule has 1 heterocycles. The number of hydrogen-bond donors (Lipinski definition) is 0. The Morgan fingerprint density at radius 2 is 1.02 bits per heavy atom. The van der Waals surface area contributed by atoms with Gasteiger partial charge in [-0.1, -0.05) is 38.1 Å². The van der Waals surface area contributed by atoms with Gasteiger partial charge >= 0.3 is 11.9 Å². The molecule has 0 amide bonds. The van der Waals surface area contributed by atoms with E-state index in [1.165, 1.54) is 26.0 Å². The largest absolute Gasteiger partial charge is 0.457 e. The molecule has 4 aromatic carbocycles. The Hall–Kier alpha value is -5.04. The summed E-state index contributed by atoms with van der Waals surface area (Å²) >= 11 is 0. The van der Waals surface area contributed by atoms with Crippen LogP contribution in [0, 0.1) is 0 Å². The minimum Gasteiger partial charge on any atom is -0.457 e. The number of carbonyl (C=O) groups is 4. The standard InChI is InChI=1S/C33H26O7/c1-19(34)27-15-13-25(17-29(27)20(2)35)38-23-9-5-21(6-10-23)33(3,4)22-7-11-24(12-8-22)39-26-14-16-28-30(18-26)32(37)40-31(28)36/h5-18H,1-4H3. The molecule has 0 aliphatic carbocycles. The van der Waals surface area contributed by atoms with E-state index in [-0.39, 0.29) is 28.1 Å². The van der Waals surface area contributed by atoms with E-state index in [0.29, 0.717) is 34.1 Å². The van der Waals surface area contributed by atoms with Gasteiger partial charge in [-0.3, -0.25) is 9.59 Å². The summed E-state index contributed by atoms with van der Waals surface area (Å²) in [5.41, 5.74) is 2.93. The molecule has 0 N–H and O–H groups in total. The number of ether oxygens (including phenoxy) is 3. The van der Waals surface area contributed by atoms with Crippen molar-refractivity contribution in [2.24, 2.45) is 0 Å². The van der Waals surface area contributed by atoms with Gasteiger partial charge in [0, 0.05) is 16.5 Å². The molecule has 7 nitrogen and oxygen atoms in total. The summed E-state index contributed by atoms with van der Waals surface area (Å²) in [4.78, 5) is 47.3. The van der Waals surface area contributed by atoms with Crippen molar-refractivity contribution in [3.63, 3.8) is 0 Å². The number of ketones is 2. The molecule has 0 bridgehead atoms. The maximum atomic E-state index is 12.0. The molecule has 7 heteroatoms. The maximum Gasteiger partial charge on any atom is 0.347 e. The molecule has 0 fully saturated rings. The minimum atomic E-state index is -0.675. The monoisotopic (exact) mass is 534 g/mol. The van der Waals surface area contributed by atoms with Crippen molar-refractivity contribution in [3.8, 4) is 23.0 Å². The molecule has 0 aromatic heterocycles. The fourth-order valence-electron chi connectivity index (χ4n) is 4.63. The van der Waals surface area contributed by atoms with Gasteiger partial charge in [0.25, 0.3) is 0 Å². The van der Waals surface area contributed by atoms with Crippen molar-refractivity contribution in [1.82, 2.24) is 0 Å². The second kappa shape index (κ2) is 10.3. The van der Waals surface area contributed by atoms with E-state index in [0.717, 1.165) is 11.1 Å². The third-order valence-corrected chi connectivity index (χ3v) is 6.99. The predicted molar refractivity (Wildman–Crippen MR) is 148 cm³/mol. The zero-order chi connectivity index (χ0) is 28.6. The van der Waals surface area contributed by atoms with Crippen LogP contribution in [0.15, 0.2) is 84.9 Å². The van der Waals surface area contributed by atoms with Crippen molar-refractivity contribution in [1.29, 1.82) is 0 Å². The van der Waals surface area contributed by atoms with E-state index >= 15 is 0 Å². The molecule has 5 rings (SSSR count). The second-order valence-electron chi connectivity index (χ2n) is 10.1. The van der Waals surface area contributed by atoms with E-state index < -0.39 is 11.9 Å². The number of hydrogen-bond acceptors (Lipinski definition) is 7. The number of carbonyl (C=O) groups excluding carboxylic acids is 4. The van der Waals surface area contributed by atoms with Crippen LogP contribution in [0.25, 0.3) is 0 Å².